The quantitative estimate of drug-likeness (QED) is 0.751. The zero-order valence-electron chi connectivity index (χ0n) is 9.71. The van der Waals surface area contributed by atoms with Crippen LogP contribution in [0.3, 0.4) is 0 Å². The molecule has 0 saturated carbocycles. The zero-order chi connectivity index (χ0) is 10.4. The summed E-state index contributed by atoms with van der Waals surface area (Å²) in [5.74, 6) is 0.929. The molecule has 1 aliphatic rings. The van der Waals surface area contributed by atoms with E-state index in [0.717, 1.165) is 18.9 Å². The third-order valence-corrected chi connectivity index (χ3v) is 3.46. The van der Waals surface area contributed by atoms with E-state index in [1.165, 1.54) is 38.8 Å². The van der Waals surface area contributed by atoms with Crippen molar-refractivity contribution in [3.63, 3.8) is 0 Å². The van der Waals surface area contributed by atoms with Crippen molar-refractivity contribution in [1.29, 1.82) is 0 Å². The summed E-state index contributed by atoms with van der Waals surface area (Å²) in [5, 5.41) is 9.58. The van der Waals surface area contributed by atoms with Crippen LogP contribution in [-0.2, 0) is 0 Å². The molecule has 0 aliphatic carbocycles. The monoisotopic (exact) mass is 199 g/mol. The molecule has 1 rings (SSSR count). The number of aliphatic hydroxyl groups excluding tert-OH is 1. The molecular weight excluding hydrogens is 174 g/mol. The van der Waals surface area contributed by atoms with Gasteiger partial charge in [0, 0.05) is 6.54 Å². The van der Waals surface area contributed by atoms with Crippen molar-refractivity contribution in [2.24, 2.45) is 5.92 Å². The van der Waals surface area contributed by atoms with Gasteiger partial charge in [-0.15, -0.1) is 0 Å². The van der Waals surface area contributed by atoms with Crippen molar-refractivity contribution in [2.45, 2.75) is 52.1 Å². The Balaban J connectivity index is 2.27. The lowest BCUT2D eigenvalue weighted by Crippen LogP contribution is -2.33. The van der Waals surface area contributed by atoms with E-state index in [-0.39, 0.29) is 6.10 Å². The topological polar surface area (TPSA) is 23.5 Å². The Bertz CT molecular complexity index is 149. The predicted octanol–water partition coefficient (Wildman–Crippen LogP) is 2.27. The fraction of sp³-hybridized carbons (Fsp3) is 1.00. The molecule has 2 atom stereocenters. The van der Waals surface area contributed by atoms with Gasteiger partial charge in [0.15, 0.2) is 0 Å². The molecule has 0 aromatic rings. The highest BCUT2D eigenvalue weighted by atomic mass is 16.3. The molecule has 1 fully saturated rings. The van der Waals surface area contributed by atoms with Gasteiger partial charge in [-0.05, 0) is 44.7 Å². The highest BCUT2D eigenvalue weighted by Crippen LogP contribution is 2.20. The third kappa shape index (κ3) is 3.97. The van der Waals surface area contributed by atoms with E-state index in [0.29, 0.717) is 0 Å². The highest BCUT2D eigenvalue weighted by molar-refractivity contribution is 4.71. The molecule has 1 heterocycles. The largest absolute Gasteiger partial charge is 0.392 e. The number of aliphatic hydroxyl groups is 1. The fourth-order valence-corrected chi connectivity index (χ4v) is 2.24. The lowest BCUT2D eigenvalue weighted by molar-refractivity contribution is 0.110. The van der Waals surface area contributed by atoms with Gasteiger partial charge in [-0.25, -0.2) is 0 Å². The van der Waals surface area contributed by atoms with Gasteiger partial charge in [-0.3, -0.25) is 0 Å². The lowest BCUT2D eigenvalue weighted by Gasteiger charge is -2.22. The molecule has 0 radical (unpaired) electrons. The minimum Gasteiger partial charge on any atom is -0.392 e. The number of hydrogen-bond donors (Lipinski definition) is 1. The summed E-state index contributed by atoms with van der Waals surface area (Å²) >= 11 is 0. The smallest absolute Gasteiger partial charge is 0.0664 e. The van der Waals surface area contributed by atoms with E-state index in [1.807, 2.05) is 0 Å². The van der Waals surface area contributed by atoms with Crippen LogP contribution in [0.25, 0.3) is 0 Å². The first kappa shape index (κ1) is 12.0. The van der Waals surface area contributed by atoms with Crippen molar-refractivity contribution in [1.82, 2.24) is 4.90 Å². The summed E-state index contributed by atoms with van der Waals surface area (Å²) in [7, 11) is 0. The van der Waals surface area contributed by atoms with Crippen molar-refractivity contribution >= 4 is 0 Å². The van der Waals surface area contributed by atoms with Crippen LogP contribution in [0.5, 0.6) is 0 Å². The van der Waals surface area contributed by atoms with Crippen LogP contribution in [-0.4, -0.2) is 35.7 Å². The lowest BCUT2D eigenvalue weighted by atomic mass is 9.98. The number of hydrogen-bond acceptors (Lipinski definition) is 2. The molecule has 0 amide bonds. The molecule has 0 aromatic carbocycles. The van der Waals surface area contributed by atoms with Gasteiger partial charge in [-0.2, -0.15) is 0 Å². The summed E-state index contributed by atoms with van der Waals surface area (Å²) in [4.78, 5) is 2.43. The van der Waals surface area contributed by atoms with Crippen LogP contribution in [0.4, 0.5) is 0 Å². The van der Waals surface area contributed by atoms with Gasteiger partial charge in [0.1, 0.15) is 0 Å². The van der Waals surface area contributed by atoms with E-state index < -0.39 is 0 Å². The van der Waals surface area contributed by atoms with Crippen LogP contribution < -0.4 is 0 Å². The Labute approximate surface area is 88.3 Å². The van der Waals surface area contributed by atoms with Crippen LogP contribution in [0.1, 0.15) is 46.0 Å². The summed E-state index contributed by atoms with van der Waals surface area (Å²) in [5.41, 5.74) is 0. The van der Waals surface area contributed by atoms with Crippen LogP contribution in [0, 0.1) is 5.92 Å². The van der Waals surface area contributed by atoms with E-state index in [1.54, 1.807) is 0 Å². The average Bonchev–Trinajstić information content (AvgIpc) is 2.43. The van der Waals surface area contributed by atoms with Gasteiger partial charge in [-0.1, -0.05) is 20.3 Å². The SMILES string of the molecule is CCC(O)CN1CCCC(CC)CC1. The first-order valence-corrected chi connectivity index (χ1v) is 6.16. The molecular formula is C12H25NO. The Morgan fingerprint density at radius 2 is 2.07 bits per heavy atom. The van der Waals surface area contributed by atoms with Crippen molar-refractivity contribution in [2.75, 3.05) is 19.6 Å². The van der Waals surface area contributed by atoms with Gasteiger partial charge in [0.25, 0.3) is 0 Å². The van der Waals surface area contributed by atoms with Crippen LogP contribution >= 0.6 is 0 Å². The second kappa shape index (κ2) is 6.41. The second-order valence-electron chi connectivity index (χ2n) is 4.57. The molecule has 14 heavy (non-hydrogen) atoms. The molecule has 2 unspecified atom stereocenters. The minimum absolute atomic E-state index is 0.117. The Kier molecular flexibility index (Phi) is 5.49. The molecule has 0 bridgehead atoms. The zero-order valence-corrected chi connectivity index (χ0v) is 9.71. The Morgan fingerprint density at radius 3 is 2.71 bits per heavy atom. The van der Waals surface area contributed by atoms with E-state index in [4.69, 9.17) is 0 Å². The molecule has 1 saturated heterocycles. The Hall–Kier alpha value is -0.0800. The molecule has 84 valence electrons. The summed E-state index contributed by atoms with van der Waals surface area (Å²) in [6.45, 7) is 7.61. The second-order valence-corrected chi connectivity index (χ2v) is 4.57. The van der Waals surface area contributed by atoms with Gasteiger partial charge in [0.2, 0.25) is 0 Å². The van der Waals surface area contributed by atoms with Crippen LogP contribution in [0.2, 0.25) is 0 Å². The molecule has 0 aromatic heterocycles. The molecule has 1 aliphatic heterocycles. The summed E-state index contributed by atoms with van der Waals surface area (Å²) in [6, 6.07) is 0. The van der Waals surface area contributed by atoms with E-state index in [9.17, 15) is 5.11 Å². The summed E-state index contributed by atoms with van der Waals surface area (Å²) < 4.78 is 0. The fourth-order valence-electron chi connectivity index (χ4n) is 2.24. The van der Waals surface area contributed by atoms with E-state index in [2.05, 4.69) is 18.7 Å². The van der Waals surface area contributed by atoms with Crippen LogP contribution in [0.15, 0.2) is 0 Å². The van der Waals surface area contributed by atoms with Gasteiger partial charge >= 0.3 is 0 Å². The maximum Gasteiger partial charge on any atom is 0.0664 e. The maximum atomic E-state index is 9.58. The highest BCUT2D eigenvalue weighted by Gasteiger charge is 2.16. The summed E-state index contributed by atoms with van der Waals surface area (Å²) in [6.07, 6.45) is 6.11. The molecule has 2 nitrogen and oxygen atoms in total. The first-order chi connectivity index (χ1) is 6.76. The minimum atomic E-state index is -0.117. The number of β-amino-alcohol motifs (C(OH)–C–C–N with tert-alkyl or cyclic N) is 1. The molecule has 0 spiro atoms. The standard InChI is InChI=1S/C12H25NO/c1-3-11-6-5-8-13(9-7-11)10-12(14)4-2/h11-12,14H,3-10H2,1-2H3. The van der Waals surface area contributed by atoms with Gasteiger partial charge in [0.05, 0.1) is 6.10 Å². The average molecular weight is 199 g/mol. The van der Waals surface area contributed by atoms with Gasteiger partial charge < -0.3 is 10.0 Å². The van der Waals surface area contributed by atoms with Crippen molar-refractivity contribution in [3.05, 3.63) is 0 Å². The number of likely N-dealkylation sites (tertiary alicyclic amines) is 1. The number of rotatable bonds is 4. The predicted molar refractivity (Wildman–Crippen MR) is 60.4 cm³/mol. The number of nitrogens with zero attached hydrogens (tertiary/aromatic N) is 1. The third-order valence-electron chi connectivity index (χ3n) is 3.46. The molecule has 2 heteroatoms. The normalized spacial score (nSPS) is 27.2. The first-order valence-electron chi connectivity index (χ1n) is 6.16. The maximum absolute atomic E-state index is 9.58. The van der Waals surface area contributed by atoms with Crippen molar-refractivity contribution in [3.8, 4) is 0 Å². The van der Waals surface area contributed by atoms with E-state index >= 15 is 0 Å². The van der Waals surface area contributed by atoms with Crippen molar-refractivity contribution < 1.29 is 5.11 Å². The Morgan fingerprint density at radius 1 is 1.29 bits per heavy atom. The molecule has 1 N–H and O–H groups in total.